The zero-order valence-corrected chi connectivity index (χ0v) is 32.1. The summed E-state index contributed by atoms with van der Waals surface area (Å²) in [4.78, 5) is 70.1. The van der Waals surface area contributed by atoms with Gasteiger partial charge in [-0.3, -0.25) is 24.6 Å². The predicted molar refractivity (Wildman–Crippen MR) is 211 cm³/mol. The standard InChI is InChI=1S/C38H49FN14O4/c1-48-13-18-53(38(48)57)27-3-2-11-52(23-27)37-45-35(33(34(40)55)46-47-37)43-25-4-7-30(28(39)19-25)50-16-14-49(15-17-50)21-24-10-12-51(22-24)31-8-5-26(20-41-31)42-29-6-9-32(54)44-36(29)56/h4-5,7-8,19-20,24,27,29,42H,2-3,6,9-18,21-23H2,1H3,(H2,40,55)(H,43,45,47)(H,44,54,56)/t24?,27-,29?/m1/s1. The van der Waals surface area contributed by atoms with Gasteiger partial charge in [0, 0.05) is 91.1 Å². The molecule has 2 aromatic heterocycles. The topological polar surface area (TPSA) is 201 Å². The van der Waals surface area contributed by atoms with Gasteiger partial charge in [0.15, 0.2) is 11.5 Å². The number of aromatic nitrogens is 4. The van der Waals surface area contributed by atoms with Crippen molar-refractivity contribution in [1.29, 1.82) is 0 Å². The Morgan fingerprint density at radius 1 is 0.912 bits per heavy atom. The Hall–Kier alpha value is -5.85. The van der Waals surface area contributed by atoms with Gasteiger partial charge in [-0.25, -0.2) is 14.2 Å². The maximum atomic E-state index is 15.7. The number of imide groups is 1. The number of carbonyl (C=O) groups excluding carboxylic acids is 4. The van der Waals surface area contributed by atoms with E-state index in [1.54, 1.807) is 30.3 Å². The fraction of sp³-hybridized carbons (Fsp3) is 0.526. The Morgan fingerprint density at radius 3 is 2.46 bits per heavy atom. The van der Waals surface area contributed by atoms with Crippen LogP contribution < -0.4 is 36.4 Å². The number of likely N-dealkylation sites (N-methyl/N-ethyl adjacent to an activating group) is 1. The quantitative estimate of drug-likeness (QED) is 0.204. The molecule has 3 atom stereocenters. The molecule has 1 aromatic carbocycles. The molecule has 302 valence electrons. The van der Waals surface area contributed by atoms with E-state index in [9.17, 15) is 19.2 Å². The molecule has 5 aliphatic rings. The summed E-state index contributed by atoms with van der Waals surface area (Å²) in [6, 6.07) is 8.34. The minimum Gasteiger partial charge on any atom is -0.372 e. The second kappa shape index (κ2) is 16.3. The number of carbonyl (C=O) groups is 4. The Morgan fingerprint density at radius 2 is 1.74 bits per heavy atom. The van der Waals surface area contributed by atoms with Crippen LogP contribution in [0.2, 0.25) is 0 Å². The molecule has 5 aliphatic heterocycles. The van der Waals surface area contributed by atoms with Crippen molar-refractivity contribution < 1.29 is 23.6 Å². The Balaban J connectivity index is 0.830. The number of nitrogens with one attached hydrogen (secondary N) is 3. The number of nitrogens with zero attached hydrogens (tertiary/aromatic N) is 10. The SMILES string of the molecule is CN1CCN([C@@H]2CCCN(c3nnc(C(N)=O)c(Nc4ccc(N5CCN(CC6CCN(c7ccc(NC8CCC(=O)NC8=O)cn7)C6)CC5)c(F)c4)n3)C2)C1=O. The number of rotatable bonds is 11. The van der Waals surface area contributed by atoms with E-state index in [-0.39, 0.29) is 35.4 Å². The summed E-state index contributed by atoms with van der Waals surface area (Å²) in [5, 5.41) is 16.9. The van der Waals surface area contributed by atoms with E-state index < -0.39 is 17.8 Å². The molecule has 5 fully saturated rings. The summed E-state index contributed by atoms with van der Waals surface area (Å²) in [5.74, 6) is 0.0224. The van der Waals surface area contributed by atoms with Gasteiger partial charge in [-0.2, -0.15) is 4.98 Å². The maximum Gasteiger partial charge on any atom is 0.320 e. The number of hydrogen-bond donors (Lipinski definition) is 4. The van der Waals surface area contributed by atoms with Crippen LogP contribution in [0.25, 0.3) is 0 Å². The molecule has 0 bridgehead atoms. The van der Waals surface area contributed by atoms with Gasteiger partial charge in [0.1, 0.15) is 17.7 Å². The van der Waals surface area contributed by atoms with Crippen LogP contribution in [-0.4, -0.2) is 150 Å². The number of benzene rings is 1. The second-order valence-electron chi connectivity index (χ2n) is 15.5. The van der Waals surface area contributed by atoms with Crippen LogP contribution >= 0.6 is 0 Å². The Labute approximate surface area is 329 Å². The Bertz CT molecular complexity index is 2000. The lowest BCUT2D eigenvalue weighted by atomic mass is 10.0. The van der Waals surface area contributed by atoms with E-state index in [1.807, 2.05) is 21.9 Å². The molecule has 0 radical (unpaired) electrons. The van der Waals surface area contributed by atoms with Gasteiger partial charge >= 0.3 is 6.03 Å². The van der Waals surface area contributed by atoms with Crippen molar-refractivity contribution in [1.82, 2.24) is 40.2 Å². The number of primary amides is 1. The minimum absolute atomic E-state index is 0.00961. The molecular formula is C38H49FN14O4. The van der Waals surface area contributed by atoms with Crippen LogP contribution in [0, 0.1) is 11.7 Å². The molecule has 8 rings (SSSR count). The zero-order valence-electron chi connectivity index (χ0n) is 32.1. The Kier molecular flexibility index (Phi) is 10.9. The van der Waals surface area contributed by atoms with Crippen molar-refractivity contribution in [3.63, 3.8) is 0 Å². The molecule has 0 aliphatic carbocycles. The number of halogens is 1. The van der Waals surface area contributed by atoms with Gasteiger partial charge < -0.3 is 40.9 Å². The lowest BCUT2D eigenvalue weighted by molar-refractivity contribution is -0.133. The third kappa shape index (κ3) is 8.47. The molecule has 18 nitrogen and oxygen atoms in total. The fourth-order valence-corrected chi connectivity index (χ4v) is 8.50. The van der Waals surface area contributed by atoms with E-state index in [1.165, 1.54) is 6.07 Å². The minimum atomic E-state index is -0.807. The number of amides is 5. The van der Waals surface area contributed by atoms with Crippen molar-refractivity contribution in [2.45, 2.75) is 44.2 Å². The van der Waals surface area contributed by atoms with Crippen molar-refractivity contribution in [2.75, 3.05) is 104 Å². The molecule has 5 amide bonds. The van der Waals surface area contributed by atoms with E-state index in [2.05, 4.69) is 50.8 Å². The van der Waals surface area contributed by atoms with E-state index >= 15 is 4.39 Å². The third-order valence-electron chi connectivity index (χ3n) is 11.7. The molecule has 7 heterocycles. The normalized spacial score (nSPS) is 23.3. The first-order chi connectivity index (χ1) is 27.6. The van der Waals surface area contributed by atoms with Gasteiger partial charge in [-0.1, -0.05) is 0 Å². The maximum absolute atomic E-state index is 15.7. The zero-order chi connectivity index (χ0) is 39.6. The summed E-state index contributed by atoms with van der Waals surface area (Å²) >= 11 is 0. The first-order valence-corrected chi connectivity index (χ1v) is 19.7. The molecule has 5 saturated heterocycles. The van der Waals surface area contributed by atoms with Gasteiger partial charge in [0.05, 0.1) is 23.6 Å². The average molecular weight is 785 g/mol. The van der Waals surface area contributed by atoms with E-state index in [4.69, 9.17) is 5.73 Å². The second-order valence-corrected chi connectivity index (χ2v) is 15.5. The molecule has 5 N–H and O–H groups in total. The number of anilines is 6. The molecule has 3 aromatic rings. The lowest BCUT2D eigenvalue weighted by Gasteiger charge is -2.37. The highest BCUT2D eigenvalue weighted by molar-refractivity contribution is 6.01. The smallest absolute Gasteiger partial charge is 0.320 e. The van der Waals surface area contributed by atoms with Crippen LogP contribution in [0.3, 0.4) is 0 Å². The van der Waals surface area contributed by atoms with Crippen molar-refractivity contribution in [2.24, 2.45) is 11.7 Å². The van der Waals surface area contributed by atoms with E-state index in [0.29, 0.717) is 75.4 Å². The van der Waals surface area contributed by atoms with Crippen LogP contribution in [0.5, 0.6) is 0 Å². The van der Waals surface area contributed by atoms with Crippen molar-refractivity contribution in [3.05, 3.63) is 48.0 Å². The van der Waals surface area contributed by atoms with Gasteiger partial charge in [0.2, 0.25) is 17.8 Å². The molecular weight excluding hydrogens is 736 g/mol. The van der Waals surface area contributed by atoms with Crippen LogP contribution in [0.1, 0.15) is 42.6 Å². The number of nitrogens with two attached hydrogens (primary N) is 1. The fourth-order valence-electron chi connectivity index (χ4n) is 8.50. The summed E-state index contributed by atoms with van der Waals surface area (Å²) < 4.78 is 15.7. The number of hydrogen-bond acceptors (Lipinski definition) is 14. The van der Waals surface area contributed by atoms with Crippen LogP contribution in [0.15, 0.2) is 36.5 Å². The molecule has 2 unspecified atom stereocenters. The summed E-state index contributed by atoms with van der Waals surface area (Å²) in [6.45, 7) is 8.31. The first-order valence-electron chi connectivity index (χ1n) is 19.7. The monoisotopic (exact) mass is 784 g/mol. The van der Waals surface area contributed by atoms with Gasteiger partial charge in [-0.05, 0) is 61.9 Å². The predicted octanol–water partition coefficient (Wildman–Crippen LogP) is 1.45. The molecule has 57 heavy (non-hydrogen) atoms. The van der Waals surface area contributed by atoms with Crippen LogP contribution in [-0.2, 0) is 9.59 Å². The number of piperazine rings is 1. The summed E-state index contributed by atoms with van der Waals surface area (Å²) in [5.41, 5.74) is 7.12. The summed E-state index contributed by atoms with van der Waals surface area (Å²) in [7, 11) is 1.80. The van der Waals surface area contributed by atoms with E-state index in [0.717, 1.165) is 63.5 Å². The van der Waals surface area contributed by atoms with Crippen LogP contribution in [0.4, 0.5) is 43.8 Å². The van der Waals surface area contributed by atoms with Gasteiger partial charge in [0.25, 0.3) is 5.91 Å². The number of piperidine rings is 2. The third-order valence-corrected chi connectivity index (χ3v) is 11.7. The molecule has 0 saturated carbocycles. The average Bonchev–Trinajstić information content (AvgIpc) is 3.82. The number of urea groups is 1. The highest BCUT2D eigenvalue weighted by Gasteiger charge is 2.35. The van der Waals surface area contributed by atoms with Gasteiger partial charge in [-0.15, -0.1) is 10.2 Å². The molecule has 0 spiro atoms. The highest BCUT2D eigenvalue weighted by atomic mass is 19.1. The largest absolute Gasteiger partial charge is 0.372 e. The molecule has 19 heteroatoms. The summed E-state index contributed by atoms with van der Waals surface area (Å²) in [6.07, 6.45) is 5.28. The number of pyridine rings is 1. The van der Waals surface area contributed by atoms with Crippen molar-refractivity contribution >= 4 is 58.4 Å². The van der Waals surface area contributed by atoms with Crippen molar-refractivity contribution in [3.8, 4) is 0 Å². The first kappa shape index (κ1) is 38.0. The highest BCUT2D eigenvalue weighted by Crippen LogP contribution is 2.30. The lowest BCUT2D eigenvalue weighted by Crippen LogP contribution is -2.49.